The number of thiazole rings is 1. The van der Waals surface area contributed by atoms with Crippen LogP contribution in [-0.2, 0) is 6.54 Å². The molecule has 3 nitrogen and oxygen atoms in total. The Morgan fingerprint density at radius 3 is 2.50 bits per heavy atom. The van der Waals surface area contributed by atoms with Crippen molar-refractivity contribution in [1.29, 1.82) is 0 Å². The monoisotopic (exact) mass is 262 g/mol. The van der Waals surface area contributed by atoms with E-state index in [-0.39, 0.29) is 0 Å². The molecule has 1 aromatic carbocycles. The third kappa shape index (κ3) is 2.48. The maximum absolute atomic E-state index is 5.18. The normalized spacial score (nSPS) is 11.8. The molecule has 2 rings (SSSR count). The van der Waals surface area contributed by atoms with Gasteiger partial charge in [-0.1, -0.05) is 0 Å². The highest BCUT2D eigenvalue weighted by Gasteiger charge is 2.06. The minimum absolute atomic E-state index is 0.822. The summed E-state index contributed by atoms with van der Waals surface area (Å²) in [5.41, 5.74) is 2.42. The van der Waals surface area contributed by atoms with Gasteiger partial charge in [-0.05, 0) is 43.7 Å². The zero-order valence-corrected chi connectivity index (χ0v) is 11.8. The molecule has 1 heterocycles. The van der Waals surface area contributed by atoms with Crippen molar-refractivity contribution >= 4 is 11.3 Å². The fourth-order valence-corrected chi connectivity index (χ4v) is 2.93. The summed E-state index contributed by atoms with van der Waals surface area (Å²) in [4.78, 5) is 5.60. The van der Waals surface area contributed by atoms with E-state index in [1.54, 1.807) is 18.4 Å². The zero-order chi connectivity index (χ0) is 13.0. The molecule has 0 aliphatic heterocycles. The Labute approximate surface area is 111 Å². The van der Waals surface area contributed by atoms with E-state index in [4.69, 9.17) is 4.74 Å². The van der Waals surface area contributed by atoms with Crippen molar-refractivity contribution in [3.63, 3.8) is 0 Å². The first-order valence-electron chi connectivity index (χ1n) is 6.13. The Morgan fingerprint density at radius 1 is 1.22 bits per heavy atom. The van der Waals surface area contributed by atoms with Crippen molar-refractivity contribution < 1.29 is 4.74 Å². The Balaban J connectivity index is 2.46. The predicted molar refractivity (Wildman–Crippen MR) is 76.1 cm³/mol. The second-order valence-corrected chi connectivity index (χ2v) is 4.69. The number of ether oxygens (including phenoxy) is 1. The lowest BCUT2D eigenvalue weighted by Gasteiger charge is -2.07. The van der Waals surface area contributed by atoms with Crippen LogP contribution in [0.2, 0.25) is 0 Å². The molecule has 0 amide bonds. The second-order valence-electron chi connectivity index (χ2n) is 3.85. The van der Waals surface area contributed by atoms with Crippen molar-refractivity contribution in [2.24, 2.45) is 4.99 Å². The first-order valence-corrected chi connectivity index (χ1v) is 7.01. The largest absolute Gasteiger partial charge is 0.497 e. The van der Waals surface area contributed by atoms with Gasteiger partial charge in [-0.2, -0.15) is 0 Å². The number of nitrogens with zero attached hydrogens (tertiary/aromatic N) is 2. The van der Waals surface area contributed by atoms with Crippen LogP contribution < -0.4 is 9.54 Å². The van der Waals surface area contributed by atoms with E-state index in [9.17, 15) is 0 Å². The molecule has 0 spiro atoms. The highest BCUT2D eigenvalue weighted by molar-refractivity contribution is 7.07. The maximum atomic E-state index is 5.18. The van der Waals surface area contributed by atoms with E-state index in [0.29, 0.717) is 0 Å². The summed E-state index contributed by atoms with van der Waals surface area (Å²) in [5, 5.41) is 2.17. The molecular weight excluding hydrogens is 244 g/mol. The van der Waals surface area contributed by atoms with Crippen molar-refractivity contribution in [2.45, 2.75) is 20.4 Å². The SMILES string of the molecule is CCN=c1scc(-c2ccc(OC)cc2)n1CC. The molecule has 0 fully saturated rings. The Bertz CT molecular complexity index is 566. The van der Waals surface area contributed by atoms with Crippen LogP contribution in [0.25, 0.3) is 11.3 Å². The number of benzene rings is 1. The molecule has 0 radical (unpaired) electrons. The Morgan fingerprint density at radius 2 is 1.94 bits per heavy atom. The van der Waals surface area contributed by atoms with E-state index in [2.05, 4.69) is 40.9 Å². The van der Waals surface area contributed by atoms with Crippen LogP contribution in [0.1, 0.15) is 13.8 Å². The molecule has 1 aromatic heterocycles. The fraction of sp³-hybridized carbons (Fsp3) is 0.357. The molecule has 0 unspecified atom stereocenters. The van der Waals surface area contributed by atoms with Gasteiger partial charge in [-0.15, -0.1) is 11.3 Å². The van der Waals surface area contributed by atoms with Crippen LogP contribution >= 0.6 is 11.3 Å². The van der Waals surface area contributed by atoms with Gasteiger partial charge in [0, 0.05) is 18.5 Å². The average molecular weight is 262 g/mol. The second kappa shape index (κ2) is 5.87. The summed E-state index contributed by atoms with van der Waals surface area (Å²) in [5.74, 6) is 0.885. The van der Waals surface area contributed by atoms with Crippen molar-refractivity contribution in [2.75, 3.05) is 13.7 Å². The molecular formula is C14H18N2OS. The van der Waals surface area contributed by atoms with E-state index < -0.39 is 0 Å². The van der Waals surface area contributed by atoms with Gasteiger partial charge < -0.3 is 9.30 Å². The Kier molecular flexibility index (Phi) is 4.20. The summed E-state index contributed by atoms with van der Waals surface area (Å²) in [6, 6.07) is 8.15. The van der Waals surface area contributed by atoms with Crippen LogP contribution in [-0.4, -0.2) is 18.2 Å². The molecule has 0 aliphatic rings. The third-order valence-electron chi connectivity index (χ3n) is 2.79. The number of aromatic nitrogens is 1. The smallest absolute Gasteiger partial charge is 0.185 e. The molecule has 2 aromatic rings. The fourth-order valence-electron chi connectivity index (χ4n) is 1.89. The lowest BCUT2D eigenvalue weighted by atomic mass is 10.1. The first-order chi connectivity index (χ1) is 8.80. The lowest BCUT2D eigenvalue weighted by molar-refractivity contribution is 0.415. The molecule has 18 heavy (non-hydrogen) atoms. The molecule has 0 saturated heterocycles. The lowest BCUT2D eigenvalue weighted by Crippen LogP contribution is -2.15. The van der Waals surface area contributed by atoms with Crippen LogP contribution in [0, 0.1) is 0 Å². The van der Waals surface area contributed by atoms with Gasteiger partial charge in [0.1, 0.15) is 5.75 Å². The van der Waals surface area contributed by atoms with E-state index in [0.717, 1.165) is 23.6 Å². The maximum Gasteiger partial charge on any atom is 0.185 e. The molecule has 0 saturated carbocycles. The van der Waals surface area contributed by atoms with Gasteiger partial charge in [-0.25, -0.2) is 0 Å². The van der Waals surface area contributed by atoms with Gasteiger partial charge in [0.05, 0.1) is 12.8 Å². The summed E-state index contributed by atoms with van der Waals surface area (Å²) in [6.45, 7) is 5.97. The number of methoxy groups -OCH3 is 1. The molecule has 0 N–H and O–H groups in total. The topological polar surface area (TPSA) is 26.5 Å². The van der Waals surface area contributed by atoms with Crippen molar-refractivity contribution in [3.8, 4) is 17.0 Å². The van der Waals surface area contributed by atoms with Crippen LogP contribution in [0.15, 0.2) is 34.6 Å². The summed E-state index contributed by atoms with van der Waals surface area (Å²) in [7, 11) is 1.68. The quantitative estimate of drug-likeness (QED) is 0.831. The summed E-state index contributed by atoms with van der Waals surface area (Å²) < 4.78 is 7.43. The minimum Gasteiger partial charge on any atom is -0.497 e. The van der Waals surface area contributed by atoms with Crippen molar-refractivity contribution in [1.82, 2.24) is 4.57 Å². The number of hydrogen-bond donors (Lipinski definition) is 0. The molecule has 96 valence electrons. The molecule has 0 atom stereocenters. The van der Waals surface area contributed by atoms with Gasteiger partial charge in [0.25, 0.3) is 0 Å². The standard InChI is InChI=1S/C14H18N2OS/c1-4-15-14-16(5-2)13(10-18-14)11-6-8-12(17-3)9-7-11/h6-10H,4-5H2,1-3H3. The van der Waals surface area contributed by atoms with Gasteiger partial charge in [0.15, 0.2) is 4.80 Å². The van der Waals surface area contributed by atoms with Crippen LogP contribution in [0.4, 0.5) is 0 Å². The minimum atomic E-state index is 0.822. The number of hydrogen-bond acceptors (Lipinski definition) is 3. The summed E-state index contributed by atoms with van der Waals surface area (Å²) in [6.07, 6.45) is 0. The van der Waals surface area contributed by atoms with Gasteiger partial charge in [0.2, 0.25) is 0 Å². The highest BCUT2D eigenvalue weighted by atomic mass is 32.1. The molecule has 4 heteroatoms. The molecule has 0 aliphatic carbocycles. The highest BCUT2D eigenvalue weighted by Crippen LogP contribution is 2.22. The van der Waals surface area contributed by atoms with Crippen LogP contribution in [0.3, 0.4) is 0 Å². The average Bonchev–Trinajstić information content (AvgIpc) is 2.82. The third-order valence-corrected chi connectivity index (χ3v) is 3.69. The summed E-state index contributed by atoms with van der Waals surface area (Å²) >= 11 is 1.70. The van der Waals surface area contributed by atoms with Gasteiger partial charge in [-0.3, -0.25) is 4.99 Å². The van der Waals surface area contributed by atoms with E-state index in [1.807, 2.05) is 12.1 Å². The van der Waals surface area contributed by atoms with E-state index >= 15 is 0 Å². The van der Waals surface area contributed by atoms with Crippen molar-refractivity contribution in [3.05, 3.63) is 34.4 Å². The molecule has 0 bridgehead atoms. The Hall–Kier alpha value is -1.55. The van der Waals surface area contributed by atoms with E-state index in [1.165, 1.54) is 11.3 Å². The van der Waals surface area contributed by atoms with Gasteiger partial charge >= 0.3 is 0 Å². The number of rotatable bonds is 4. The first kappa shape index (κ1) is 12.9. The van der Waals surface area contributed by atoms with Crippen LogP contribution in [0.5, 0.6) is 5.75 Å². The predicted octanol–water partition coefficient (Wildman–Crippen LogP) is 3.17. The zero-order valence-electron chi connectivity index (χ0n) is 11.0.